The zero-order chi connectivity index (χ0) is 14.4. The van der Waals surface area contributed by atoms with Gasteiger partial charge in [-0.15, -0.1) is 0 Å². The number of amides is 1. The summed E-state index contributed by atoms with van der Waals surface area (Å²) in [5, 5.41) is 21.7. The Morgan fingerprint density at radius 3 is 2.42 bits per heavy atom. The molecule has 0 heterocycles. The van der Waals surface area contributed by atoms with Gasteiger partial charge in [-0.3, -0.25) is 4.79 Å². The molecule has 19 heavy (non-hydrogen) atoms. The maximum Gasteiger partial charge on any atom is 0.239 e. The minimum absolute atomic E-state index is 0.0630. The Balaban J connectivity index is 2.56. The fourth-order valence-electron chi connectivity index (χ4n) is 1.85. The van der Waals surface area contributed by atoms with Gasteiger partial charge in [-0.05, 0) is 38.5 Å². The van der Waals surface area contributed by atoms with Crippen molar-refractivity contribution in [3.63, 3.8) is 0 Å². The maximum absolute atomic E-state index is 12.0. The quantitative estimate of drug-likeness (QED) is 0.681. The number of benzene rings is 1. The second-order valence-corrected chi connectivity index (χ2v) is 4.44. The van der Waals surface area contributed by atoms with Gasteiger partial charge in [-0.25, -0.2) is 0 Å². The van der Waals surface area contributed by atoms with Gasteiger partial charge in [0.05, 0.1) is 6.04 Å². The van der Waals surface area contributed by atoms with Gasteiger partial charge in [0.25, 0.3) is 0 Å². The van der Waals surface area contributed by atoms with Crippen LogP contribution in [0.3, 0.4) is 0 Å². The van der Waals surface area contributed by atoms with Crippen LogP contribution < -0.4 is 5.32 Å². The summed E-state index contributed by atoms with van der Waals surface area (Å²) in [5.74, 6) is -0.231. The standard InChI is InChI=1S/C14H22N2O3/c1-4-16(5-2)14(19)10(3)15-9-11-6-7-12(17)13(18)8-11/h6-8,10,15,17-18H,4-5,9H2,1-3H3. The van der Waals surface area contributed by atoms with E-state index in [1.165, 1.54) is 12.1 Å². The highest BCUT2D eigenvalue weighted by Crippen LogP contribution is 2.24. The fraction of sp³-hybridized carbons (Fsp3) is 0.500. The van der Waals surface area contributed by atoms with Crippen molar-refractivity contribution in [2.75, 3.05) is 13.1 Å². The molecule has 106 valence electrons. The number of phenolic OH excluding ortho intramolecular Hbond substituents is 2. The first kappa shape index (κ1) is 15.3. The lowest BCUT2D eigenvalue weighted by Gasteiger charge is -2.23. The van der Waals surface area contributed by atoms with Crippen LogP contribution in [0.1, 0.15) is 26.3 Å². The lowest BCUT2D eigenvalue weighted by atomic mass is 10.2. The summed E-state index contributed by atoms with van der Waals surface area (Å²) in [5.41, 5.74) is 0.814. The third-order valence-corrected chi connectivity index (χ3v) is 3.10. The van der Waals surface area contributed by atoms with Gasteiger partial charge in [0, 0.05) is 19.6 Å². The Labute approximate surface area is 113 Å². The minimum atomic E-state index is -0.282. The van der Waals surface area contributed by atoms with Crippen LogP contribution in [0.25, 0.3) is 0 Å². The van der Waals surface area contributed by atoms with Crippen LogP contribution in [0.2, 0.25) is 0 Å². The van der Waals surface area contributed by atoms with Crippen LogP contribution in [0.4, 0.5) is 0 Å². The number of hydrogen-bond acceptors (Lipinski definition) is 4. The Morgan fingerprint density at radius 1 is 1.26 bits per heavy atom. The van der Waals surface area contributed by atoms with Gasteiger partial charge in [-0.1, -0.05) is 6.07 Å². The summed E-state index contributed by atoms with van der Waals surface area (Å²) in [6, 6.07) is 4.34. The summed E-state index contributed by atoms with van der Waals surface area (Å²) in [4.78, 5) is 13.8. The first-order valence-corrected chi connectivity index (χ1v) is 6.52. The summed E-state index contributed by atoms with van der Waals surface area (Å²) >= 11 is 0. The van der Waals surface area contributed by atoms with E-state index in [4.69, 9.17) is 0 Å². The van der Waals surface area contributed by atoms with E-state index in [1.807, 2.05) is 20.8 Å². The molecule has 1 atom stereocenters. The molecule has 0 aliphatic heterocycles. The van der Waals surface area contributed by atoms with Crippen LogP contribution >= 0.6 is 0 Å². The van der Waals surface area contributed by atoms with Gasteiger partial charge in [-0.2, -0.15) is 0 Å². The van der Waals surface area contributed by atoms with E-state index >= 15 is 0 Å². The molecule has 1 aromatic carbocycles. The van der Waals surface area contributed by atoms with Crippen molar-refractivity contribution in [2.24, 2.45) is 0 Å². The number of carbonyl (C=O) groups excluding carboxylic acids is 1. The number of aromatic hydroxyl groups is 2. The van der Waals surface area contributed by atoms with E-state index in [-0.39, 0.29) is 23.4 Å². The predicted octanol–water partition coefficient (Wildman–Crippen LogP) is 1.44. The summed E-state index contributed by atoms with van der Waals surface area (Å²) < 4.78 is 0. The van der Waals surface area contributed by atoms with Crippen molar-refractivity contribution in [1.29, 1.82) is 0 Å². The van der Waals surface area contributed by atoms with Gasteiger partial charge >= 0.3 is 0 Å². The molecule has 1 aromatic rings. The molecule has 1 amide bonds. The SMILES string of the molecule is CCN(CC)C(=O)C(C)NCc1ccc(O)c(O)c1. The molecule has 3 N–H and O–H groups in total. The molecule has 0 bridgehead atoms. The lowest BCUT2D eigenvalue weighted by molar-refractivity contribution is -0.132. The number of rotatable bonds is 6. The van der Waals surface area contributed by atoms with E-state index in [1.54, 1.807) is 11.0 Å². The minimum Gasteiger partial charge on any atom is -0.504 e. The molecule has 5 nitrogen and oxygen atoms in total. The summed E-state index contributed by atoms with van der Waals surface area (Å²) in [6.45, 7) is 7.57. The zero-order valence-corrected chi connectivity index (χ0v) is 11.7. The highest BCUT2D eigenvalue weighted by atomic mass is 16.3. The van der Waals surface area contributed by atoms with E-state index in [0.717, 1.165) is 5.56 Å². The van der Waals surface area contributed by atoms with Crippen LogP contribution in [-0.4, -0.2) is 40.2 Å². The third kappa shape index (κ3) is 4.13. The maximum atomic E-state index is 12.0. The van der Waals surface area contributed by atoms with Crippen LogP contribution in [-0.2, 0) is 11.3 Å². The Bertz CT molecular complexity index is 431. The molecule has 0 aliphatic rings. The zero-order valence-electron chi connectivity index (χ0n) is 11.7. The lowest BCUT2D eigenvalue weighted by Crippen LogP contribution is -2.44. The van der Waals surface area contributed by atoms with Gasteiger partial charge in [0.2, 0.25) is 5.91 Å². The van der Waals surface area contributed by atoms with Gasteiger partial charge in [0.1, 0.15) is 0 Å². The largest absolute Gasteiger partial charge is 0.504 e. The molecule has 0 aromatic heterocycles. The first-order chi connectivity index (χ1) is 8.99. The van der Waals surface area contributed by atoms with Gasteiger partial charge < -0.3 is 20.4 Å². The molecule has 0 aliphatic carbocycles. The smallest absolute Gasteiger partial charge is 0.239 e. The Morgan fingerprint density at radius 2 is 1.89 bits per heavy atom. The van der Waals surface area contributed by atoms with Gasteiger partial charge in [0.15, 0.2) is 11.5 Å². The summed E-state index contributed by atoms with van der Waals surface area (Å²) in [6.07, 6.45) is 0. The number of phenols is 2. The van der Waals surface area contributed by atoms with Crippen LogP contribution in [0, 0.1) is 0 Å². The number of carbonyl (C=O) groups is 1. The molecule has 1 unspecified atom stereocenters. The van der Waals surface area contributed by atoms with Crippen molar-refractivity contribution < 1.29 is 15.0 Å². The normalized spacial score (nSPS) is 12.2. The molecule has 0 saturated carbocycles. The Hall–Kier alpha value is -1.75. The van der Waals surface area contributed by atoms with Crippen molar-refractivity contribution >= 4 is 5.91 Å². The average Bonchev–Trinajstić information content (AvgIpc) is 2.41. The van der Waals surface area contributed by atoms with E-state index in [0.29, 0.717) is 19.6 Å². The van der Waals surface area contributed by atoms with Crippen molar-refractivity contribution in [3.8, 4) is 11.5 Å². The second-order valence-electron chi connectivity index (χ2n) is 4.44. The van der Waals surface area contributed by atoms with Crippen LogP contribution in [0.5, 0.6) is 11.5 Å². The average molecular weight is 266 g/mol. The number of hydrogen-bond donors (Lipinski definition) is 3. The first-order valence-electron chi connectivity index (χ1n) is 6.52. The molecular formula is C14H22N2O3. The molecule has 5 heteroatoms. The highest BCUT2D eigenvalue weighted by Gasteiger charge is 2.17. The molecule has 0 spiro atoms. The molecule has 0 saturated heterocycles. The molecule has 0 fully saturated rings. The van der Waals surface area contributed by atoms with E-state index in [9.17, 15) is 15.0 Å². The number of nitrogens with one attached hydrogen (secondary N) is 1. The Kier molecular flexibility index (Phi) is 5.63. The molecular weight excluding hydrogens is 244 g/mol. The van der Waals surface area contributed by atoms with Crippen molar-refractivity contribution in [3.05, 3.63) is 23.8 Å². The topological polar surface area (TPSA) is 72.8 Å². The van der Waals surface area contributed by atoms with Crippen LogP contribution in [0.15, 0.2) is 18.2 Å². The molecule has 1 rings (SSSR count). The molecule has 0 radical (unpaired) electrons. The number of likely N-dealkylation sites (N-methyl/N-ethyl adjacent to an activating group) is 1. The monoisotopic (exact) mass is 266 g/mol. The van der Waals surface area contributed by atoms with E-state index < -0.39 is 0 Å². The van der Waals surface area contributed by atoms with Crippen molar-refractivity contribution in [2.45, 2.75) is 33.4 Å². The predicted molar refractivity (Wildman–Crippen MR) is 74.0 cm³/mol. The summed E-state index contributed by atoms with van der Waals surface area (Å²) in [7, 11) is 0. The fourth-order valence-corrected chi connectivity index (χ4v) is 1.85. The highest BCUT2D eigenvalue weighted by molar-refractivity contribution is 5.81. The van der Waals surface area contributed by atoms with Crippen molar-refractivity contribution in [1.82, 2.24) is 10.2 Å². The second kappa shape index (κ2) is 6.99. The van der Waals surface area contributed by atoms with E-state index in [2.05, 4.69) is 5.32 Å². The third-order valence-electron chi connectivity index (χ3n) is 3.10. The number of nitrogens with zero attached hydrogens (tertiary/aromatic N) is 1.